The molecule has 2 aliphatic heterocycles. The number of piperidine rings is 1. The third-order valence-corrected chi connectivity index (χ3v) is 4.83. The lowest BCUT2D eigenvalue weighted by Gasteiger charge is -2.33. The van der Waals surface area contributed by atoms with Crippen LogP contribution in [0.25, 0.3) is 0 Å². The molecule has 0 radical (unpaired) electrons. The summed E-state index contributed by atoms with van der Waals surface area (Å²) in [5.74, 6) is 1.03. The molecule has 2 aliphatic rings. The number of nitrogens with one attached hydrogen (secondary N) is 1. The summed E-state index contributed by atoms with van der Waals surface area (Å²) in [5, 5.41) is 9.77. The minimum atomic E-state index is -0.949. The summed E-state index contributed by atoms with van der Waals surface area (Å²) >= 11 is 0. The SMILES string of the molecule is O=C(CN1CCCCC(O)C1=O)N1CCC(c2ncc[nH]2)CC1. The topological polar surface area (TPSA) is 89.5 Å². The van der Waals surface area contributed by atoms with Gasteiger partial charge in [0.1, 0.15) is 11.9 Å². The van der Waals surface area contributed by atoms with Crippen LogP contribution in [-0.2, 0) is 9.59 Å². The number of amides is 2. The van der Waals surface area contributed by atoms with Crippen LogP contribution in [0.5, 0.6) is 0 Å². The Morgan fingerprint density at radius 1 is 1.26 bits per heavy atom. The van der Waals surface area contributed by atoms with Crippen LogP contribution in [0.15, 0.2) is 12.4 Å². The molecule has 0 spiro atoms. The first-order valence-electron chi connectivity index (χ1n) is 8.39. The van der Waals surface area contributed by atoms with Gasteiger partial charge < -0.3 is 19.9 Å². The Bertz CT molecular complexity index is 538. The quantitative estimate of drug-likeness (QED) is 0.848. The van der Waals surface area contributed by atoms with E-state index in [0.717, 1.165) is 31.5 Å². The zero-order chi connectivity index (χ0) is 16.2. The van der Waals surface area contributed by atoms with Gasteiger partial charge in [0.2, 0.25) is 5.91 Å². The van der Waals surface area contributed by atoms with Crippen LogP contribution in [0.2, 0.25) is 0 Å². The van der Waals surface area contributed by atoms with Crippen molar-refractivity contribution in [1.29, 1.82) is 0 Å². The van der Waals surface area contributed by atoms with Gasteiger partial charge in [0.05, 0.1) is 6.54 Å². The maximum Gasteiger partial charge on any atom is 0.251 e. The van der Waals surface area contributed by atoms with E-state index in [-0.39, 0.29) is 18.4 Å². The molecule has 7 nitrogen and oxygen atoms in total. The Balaban J connectivity index is 1.52. The summed E-state index contributed by atoms with van der Waals surface area (Å²) < 4.78 is 0. The van der Waals surface area contributed by atoms with Crippen LogP contribution < -0.4 is 0 Å². The van der Waals surface area contributed by atoms with Gasteiger partial charge in [-0.15, -0.1) is 0 Å². The number of carbonyl (C=O) groups excluding carboxylic acids is 2. The Kier molecular flexibility index (Phi) is 4.95. The van der Waals surface area contributed by atoms with E-state index in [1.54, 1.807) is 6.20 Å². The lowest BCUT2D eigenvalue weighted by Crippen LogP contribution is -2.47. The second kappa shape index (κ2) is 7.12. The van der Waals surface area contributed by atoms with Gasteiger partial charge in [-0.2, -0.15) is 0 Å². The third kappa shape index (κ3) is 3.72. The molecule has 3 heterocycles. The van der Waals surface area contributed by atoms with Crippen molar-refractivity contribution >= 4 is 11.8 Å². The number of aromatic nitrogens is 2. The molecule has 2 fully saturated rings. The van der Waals surface area contributed by atoms with E-state index < -0.39 is 6.10 Å². The van der Waals surface area contributed by atoms with Gasteiger partial charge in [0.15, 0.2) is 0 Å². The largest absolute Gasteiger partial charge is 0.383 e. The third-order valence-electron chi connectivity index (χ3n) is 4.83. The fourth-order valence-corrected chi connectivity index (χ4v) is 3.41. The number of carbonyl (C=O) groups is 2. The van der Waals surface area contributed by atoms with Gasteiger partial charge in [-0.25, -0.2) is 4.98 Å². The number of hydrogen-bond donors (Lipinski definition) is 2. The summed E-state index contributed by atoms with van der Waals surface area (Å²) in [5.41, 5.74) is 0. The zero-order valence-electron chi connectivity index (χ0n) is 13.3. The van der Waals surface area contributed by atoms with Crippen LogP contribution in [0.1, 0.15) is 43.8 Å². The summed E-state index contributed by atoms with van der Waals surface area (Å²) in [6.07, 6.45) is 6.56. The fraction of sp³-hybridized carbons (Fsp3) is 0.688. The Morgan fingerprint density at radius 2 is 2.04 bits per heavy atom. The van der Waals surface area contributed by atoms with Gasteiger partial charge >= 0.3 is 0 Å². The maximum absolute atomic E-state index is 12.5. The van der Waals surface area contributed by atoms with Crippen LogP contribution in [0, 0.1) is 0 Å². The Labute approximate surface area is 135 Å². The number of nitrogens with zero attached hydrogens (tertiary/aromatic N) is 3. The number of aromatic amines is 1. The molecular formula is C16H24N4O3. The van der Waals surface area contributed by atoms with Crippen molar-refractivity contribution in [3.63, 3.8) is 0 Å². The minimum Gasteiger partial charge on any atom is -0.383 e. The number of imidazole rings is 1. The normalized spacial score (nSPS) is 23.9. The predicted octanol–water partition coefficient (Wildman–Crippen LogP) is 0.489. The van der Waals surface area contributed by atoms with Crippen LogP contribution in [-0.4, -0.2) is 69.0 Å². The number of aliphatic hydroxyl groups excluding tert-OH is 1. The smallest absolute Gasteiger partial charge is 0.251 e. The van der Waals surface area contributed by atoms with E-state index in [1.807, 2.05) is 11.1 Å². The highest BCUT2D eigenvalue weighted by atomic mass is 16.3. The van der Waals surface area contributed by atoms with E-state index in [0.29, 0.717) is 32.0 Å². The molecule has 7 heteroatoms. The fourth-order valence-electron chi connectivity index (χ4n) is 3.41. The second-order valence-corrected chi connectivity index (χ2v) is 6.40. The summed E-state index contributed by atoms with van der Waals surface area (Å²) in [4.78, 5) is 35.3. The lowest BCUT2D eigenvalue weighted by atomic mass is 9.96. The highest BCUT2D eigenvalue weighted by molar-refractivity contribution is 5.87. The number of hydrogen-bond acceptors (Lipinski definition) is 4. The van der Waals surface area contributed by atoms with Crippen molar-refractivity contribution in [2.24, 2.45) is 0 Å². The van der Waals surface area contributed by atoms with Crippen molar-refractivity contribution in [3.8, 4) is 0 Å². The van der Waals surface area contributed by atoms with Crippen molar-refractivity contribution in [2.75, 3.05) is 26.2 Å². The highest BCUT2D eigenvalue weighted by Gasteiger charge is 2.30. The van der Waals surface area contributed by atoms with Crippen LogP contribution in [0.4, 0.5) is 0 Å². The monoisotopic (exact) mass is 320 g/mol. The standard InChI is InChI=1S/C16H24N4O3/c21-13-3-1-2-8-20(16(13)23)11-14(22)19-9-4-12(5-10-19)15-17-6-7-18-15/h6-7,12-13,21H,1-5,8-11H2,(H,17,18). The van der Waals surface area contributed by atoms with Crippen LogP contribution in [0.3, 0.4) is 0 Å². The molecule has 2 N–H and O–H groups in total. The Hall–Kier alpha value is -1.89. The molecule has 0 aromatic carbocycles. The first-order valence-corrected chi connectivity index (χ1v) is 8.39. The van der Waals surface area contributed by atoms with E-state index >= 15 is 0 Å². The molecule has 0 bridgehead atoms. The molecule has 23 heavy (non-hydrogen) atoms. The molecule has 1 aromatic heterocycles. The predicted molar refractivity (Wildman–Crippen MR) is 83.6 cm³/mol. The summed E-state index contributed by atoms with van der Waals surface area (Å²) in [7, 11) is 0. The van der Waals surface area contributed by atoms with Gasteiger partial charge in [0.25, 0.3) is 5.91 Å². The van der Waals surface area contributed by atoms with Crippen molar-refractivity contribution in [2.45, 2.75) is 44.1 Å². The highest BCUT2D eigenvalue weighted by Crippen LogP contribution is 2.25. The molecule has 2 amide bonds. The van der Waals surface area contributed by atoms with E-state index in [4.69, 9.17) is 0 Å². The first-order chi connectivity index (χ1) is 11.1. The molecular weight excluding hydrogens is 296 g/mol. The molecule has 0 aliphatic carbocycles. The molecule has 0 saturated carbocycles. The summed E-state index contributed by atoms with van der Waals surface area (Å²) in [6, 6.07) is 0. The summed E-state index contributed by atoms with van der Waals surface area (Å²) in [6.45, 7) is 2.02. The van der Waals surface area contributed by atoms with E-state index in [2.05, 4.69) is 9.97 Å². The molecule has 1 atom stereocenters. The molecule has 126 valence electrons. The van der Waals surface area contributed by atoms with Gasteiger partial charge in [0, 0.05) is 37.9 Å². The van der Waals surface area contributed by atoms with Crippen LogP contribution >= 0.6 is 0 Å². The lowest BCUT2D eigenvalue weighted by molar-refractivity contribution is -0.145. The van der Waals surface area contributed by atoms with E-state index in [9.17, 15) is 14.7 Å². The number of likely N-dealkylation sites (tertiary alicyclic amines) is 2. The van der Waals surface area contributed by atoms with Crippen molar-refractivity contribution in [1.82, 2.24) is 19.8 Å². The Morgan fingerprint density at radius 3 is 2.74 bits per heavy atom. The second-order valence-electron chi connectivity index (χ2n) is 6.40. The van der Waals surface area contributed by atoms with Gasteiger partial charge in [-0.1, -0.05) is 0 Å². The first kappa shape index (κ1) is 16.0. The van der Waals surface area contributed by atoms with Gasteiger partial charge in [-0.3, -0.25) is 9.59 Å². The van der Waals surface area contributed by atoms with Crippen molar-refractivity contribution < 1.29 is 14.7 Å². The zero-order valence-corrected chi connectivity index (χ0v) is 13.3. The average Bonchev–Trinajstić information content (AvgIpc) is 3.06. The van der Waals surface area contributed by atoms with Crippen molar-refractivity contribution in [3.05, 3.63) is 18.2 Å². The average molecular weight is 320 g/mol. The minimum absolute atomic E-state index is 0.0228. The van der Waals surface area contributed by atoms with E-state index in [1.165, 1.54) is 4.90 Å². The van der Waals surface area contributed by atoms with Gasteiger partial charge in [-0.05, 0) is 32.1 Å². The molecule has 2 saturated heterocycles. The molecule has 3 rings (SSSR count). The number of rotatable bonds is 3. The number of H-pyrrole nitrogens is 1. The molecule has 1 aromatic rings. The maximum atomic E-state index is 12.5. The number of aliphatic hydroxyl groups is 1. The molecule has 1 unspecified atom stereocenters.